The number of carbonyl (C=O) groups is 2. The second-order valence-electron chi connectivity index (χ2n) is 5.69. The molecule has 23 heavy (non-hydrogen) atoms. The van der Waals surface area contributed by atoms with Gasteiger partial charge in [-0.3, -0.25) is 9.59 Å². The summed E-state index contributed by atoms with van der Waals surface area (Å²) in [6, 6.07) is 3.90. The largest absolute Gasteiger partial charge is 0.496 e. The molecule has 6 nitrogen and oxygen atoms in total. The molecule has 1 fully saturated rings. The van der Waals surface area contributed by atoms with Gasteiger partial charge in [-0.25, -0.2) is 4.39 Å². The fraction of sp³-hybridized carbons (Fsp3) is 0.375. The van der Waals surface area contributed by atoms with E-state index in [0.29, 0.717) is 24.1 Å². The number of rotatable bonds is 3. The Labute approximate surface area is 131 Å². The number of aromatic nitrogens is 1. The lowest BCUT2D eigenvalue weighted by Gasteiger charge is -2.22. The van der Waals surface area contributed by atoms with Gasteiger partial charge >= 0.3 is 5.97 Å². The minimum Gasteiger partial charge on any atom is -0.496 e. The number of carboxylic acids is 1. The third-order valence-corrected chi connectivity index (χ3v) is 4.49. The number of hydrogen-bond donors (Lipinski definition) is 2. The van der Waals surface area contributed by atoms with Crippen molar-refractivity contribution in [3.63, 3.8) is 0 Å². The van der Waals surface area contributed by atoms with E-state index in [1.54, 1.807) is 13.0 Å². The van der Waals surface area contributed by atoms with Crippen molar-refractivity contribution in [2.75, 3.05) is 13.7 Å². The average Bonchev–Trinajstić information content (AvgIpc) is 3.11. The Bertz CT molecular complexity index is 786. The SMILES string of the molecule is COc1ccc(F)c2[nH]c(C(=O)N3CCC(C(=O)O)C3C)cc12. The van der Waals surface area contributed by atoms with Crippen LogP contribution in [0.3, 0.4) is 0 Å². The molecule has 7 heteroatoms. The number of carbonyl (C=O) groups excluding carboxylic acids is 1. The van der Waals surface area contributed by atoms with Crippen LogP contribution in [0.2, 0.25) is 0 Å². The van der Waals surface area contributed by atoms with Crippen molar-refractivity contribution in [2.24, 2.45) is 5.92 Å². The highest BCUT2D eigenvalue weighted by Crippen LogP contribution is 2.31. The van der Waals surface area contributed by atoms with Crippen molar-refractivity contribution < 1.29 is 23.8 Å². The van der Waals surface area contributed by atoms with Crippen LogP contribution in [-0.2, 0) is 4.79 Å². The number of ether oxygens (including phenoxy) is 1. The van der Waals surface area contributed by atoms with Gasteiger partial charge in [0.2, 0.25) is 0 Å². The fourth-order valence-corrected chi connectivity index (χ4v) is 3.16. The van der Waals surface area contributed by atoms with Gasteiger partial charge in [0.1, 0.15) is 17.3 Å². The van der Waals surface area contributed by atoms with Crippen molar-refractivity contribution >= 4 is 22.8 Å². The van der Waals surface area contributed by atoms with Crippen LogP contribution in [0.1, 0.15) is 23.8 Å². The molecule has 2 unspecified atom stereocenters. The first-order chi connectivity index (χ1) is 10.9. The van der Waals surface area contributed by atoms with E-state index in [9.17, 15) is 14.0 Å². The molecule has 1 aliphatic rings. The number of benzene rings is 1. The zero-order valence-electron chi connectivity index (χ0n) is 12.8. The fourth-order valence-electron chi connectivity index (χ4n) is 3.16. The van der Waals surface area contributed by atoms with E-state index in [4.69, 9.17) is 9.84 Å². The van der Waals surface area contributed by atoms with E-state index in [1.165, 1.54) is 24.1 Å². The Morgan fingerprint density at radius 1 is 1.43 bits per heavy atom. The number of halogens is 1. The molecule has 2 atom stereocenters. The molecule has 1 aromatic heterocycles. The number of fused-ring (bicyclic) bond motifs is 1. The minimum atomic E-state index is -0.905. The quantitative estimate of drug-likeness (QED) is 0.908. The van der Waals surface area contributed by atoms with E-state index in [2.05, 4.69) is 4.98 Å². The molecule has 3 rings (SSSR count). The number of methoxy groups -OCH3 is 1. The lowest BCUT2D eigenvalue weighted by Crippen LogP contribution is -2.37. The summed E-state index contributed by atoms with van der Waals surface area (Å²) < 4.78 is 19.1. The topological polar surface area (TPSA) is 82.6 Å². The summed E-state index contributed by atoms with van der Waals surface area (Å²) in [5.74, 6) is -1.82. The second kappa shape index (κ2) is 5.57. The average molecular weight is 320 g/mol. The zero-order valence-corrected chi connectivity index (χ0v) is 12.8. The summed E-state index contributed by atoms with van der Waals surface area (Å²) in [7, 11) is 1.47. The molecular weight excluding hydrogens is 303 g/mol. The second-order valence-corrected chi connectivity index (χ2v) is 5.69. The van der Waals surface area contributed by atoms with Crippen LogP contribution in [0.15, 0.2) is 18.2 Å². The normalized spacial score (nSPS) is 20.9. The van der Waals surface area contributed by atoms with Crippen molar-refractivity contribution in [1.82, 2.24) is 9.88 Å². The minimum absolute atomic E-state index is 0.203. The highest BCUT2D eigenvalue weighted by molar-refractivity contribution is 6.00. The predicted octanol–water partition coefficient (Wildman–Crippen LogP) is 2.25. The Morgan fingerprint density at radius 2 is 2.17 bits per heavy atom. The molecule has 1 saturated heterocycles. The van der Waals surface area contributed by atoms with E-state index in [-0.39, 0.29) is 17.1 Å². The summed E-state index contributed by atoms with van der Waals surface area (Å²) in [4.78, 5) is 28.1. The monoisotopic (exact) mass is 320 g/mol. The molecule has 122 valence electrons. The molecule has 0 aliphatic carbocycles. The molecule has 1 aromatic carbocycles. The highest BCUT2D eigenvalue weighted by Gasteiger charge is 2.38. The first kappa shape index (κ1) is 15.3. The van der Waals surface area contributed by atoms with Crippen LogP contribution in [0.25, 0.3) is 10.9 Å². The summed E-state index contributed by atoms with van der Waals surface area (Å²) in [6.07, 6.45) is 0.417. The van der Waals surface area contributed by atoms with Crippen LogP contribution >= 0.6 is 0 Å². The standard InChI is InChI=1S/C16H17FN2O4/c1-8-9(16(21)22)5-6-19(8)15(20)12-7-10-13(23-2)4-3-11(17)14(10)18-12/h3-4,7-9,18H,5-6H2,1-2H3,(H,21,22). The van der Waals surface area contributed by atoms with Crippen LogP contribution in [-0.4, -0.2) is 46.6 Å². The van der Waals surface area contributed by atoms with Crippen molar-refractivity contribution in [1.29, 1.82) is 0 Å². The van der Waals surface area contributed by atoms with Gasteiger partial charge in [-0.1, -0.05) is 0 Å². The molecule has 1 amide bonds. The lowest BCUT2D eigenvalue weighted by molar-refractivity contribution is -0.142. The molecule has 2 aromatic rings. The number of amides is 1. The highest BCUT2D eigenvalue weighted by atomic mass is 19.1. The van der Waals surface area contributed by atoms with Crippen LogP contribution in [0, 0.1) is 11.7 Å². The van der Waals surface area contributed by atoms with Gasteiger partial charge in [-0.15, -0.1) is 0 Å². The van der Waals surface area contributed by atoms with Crippen LogP contribution in [0.4, 0.5) is 4.39 Å². The maximum atomic E-state index is 13.9. The van der Waals surface area contributed by atoms with Crippen molar-refractivity contribution in [3.8, 4) is 5.75 Å². The number of hydrogen-bond acceptors (Lipinski definition) is 3. The molecule has 1 aliphatic heterocycles. The van der Waals surface area contributed by atoms with Gasteiger partial charge in [-0.05, 0) is 31.5 Å². The third-order valence-electron chi connectivity index (χ3n) is 4.49. The Hall–Kier alpha value is -2.57. The van der Waals surface area contributed by atoms with Gasteiger partial charge in [-0.2, -0.15) is 0 Å². The number of aliphatic carboxylic acids is 1. The molecular formula is C16H17FN2O4. The number of nitrogens with one attached hydrogen (secondary N) is 1. The summed E-state index contributed by atoms with van der Waals surface area (Å²) in [5, 5.41) is 9.64. The maximum absolute atomic E-state index is 13.9. The number of carboxylic acid groups (broad SMARTS) is 1. The predicted molar refractivity (Wildman–Crippen MR) is 81.1 cm³/mol. The molecule has 0 bridgehead atoms. The van der Waals surface area contributed by atoms with Gasteiger partial charge in [0, 0.05) is 18.0 Å². The Balaban J connectivity index is 1.96. The number of H-pyrrole nitrogens is 1. The van der Waals surface area contributed by atoms with E-state index >= 15 is 0 Å². The first-order valence-electron chi connectivity index (χ1n) is 7.33. The van der Waals surface area contributed by atoms with Crippen LogP contribution in [0.5, 0.6) is 5.75 Å². The maximum Gasteiger partial charge on any atom is 0.308 e. The first-order valence-corrected chi connectivity index (χ1v) is 7.33. The summed E-state index contributed by atoms with van der Waals surface area (Å²) in [5.41, 5.74) is 0.427. The number of nitrogens with zero attached hydrogens (tertiary/aromatic N) is 1. The van der Waals surface area contributed by atoms with Crippen molar-refractivity contribution in [2.45, 2.75) is 19.4 Å². The van der Waals surface area contributed by atoms with E-state index in [0.717, 1.165) is 0 Å². The molecule has 0 saturated carbocycles. The summed E-state index contributed by atoms with van der Waals surface area (Å²) >= 11 is 0. The number of aromatic amines is 1. The van der Waals surface area contributed by atoms with Gasteiger partial charge in [0.15, 0.2) is 0 Å². The van der Waals surface area contributed by atoms with E-state index in [1.807, 2.05) is 0 Å². The third kappa shape index (κ3) is 2.42. The van der Waals surface area contributed by atoms with Gasteiger partial charge in [0.25, 0.3) is 5.91 Å². The van der Waals surface area contributed by atoms with Crippen LogP contribution < -0.4 is 4.74 Å². The number of likely N-dealkylation sites (tertiary alicyclic amines) is 1. The Morgan fingerprint density at radius 3 is 2.78 bits per heavy atom. The molecule has 2 heterocycles. The molecule has 0 spiro atoms. The smallest absolute Gasteiger partial charge is 0.308 e. The van der Waals surface area contributed by atoms with Gasteiger partial charge < -0.3 is 19.7 Å². The lowest BCUT2D eigenvalue weighted by atomic mass is 10.0. The molecule has 2 N–H and O–H groups in total. The molecule has 0 radical (unpaired) electrons. The Kier molecular flexibility index (Phi) is 3.71. The van der Waals surface area contributed by atoms with Crippen molar-refractivity contribution in [3.05, 3.63) is 29.7 Å². The summed E-state index contributed by atoms with van der Waals surface area (Å²) in [6.45, 7) is 2.08. The van der Waals surface area contributed by atoms with E-state index < -0.39 is 23.7 Å². The van der Waals surface area contributed by atoms with Gasteiger partial charge in [0.05, 0.1) is 18.5 Å². The zero-order chi connectivity index (χ0) is 16.7.